The number of nitrogens with one attached hydrogen (secondary N) is 2. The molecule has 110 valence electrons. The Kier molecular flexibility index (Phi) is 4.44. The number of carbonyl (C=O) groups is 2. The average molecular weight is 281 g/mol. The van der Waals surface area contributed by atoms with Gasteiger partial charge in [0.25, 0.3) is 5.91 Å². The Morgan fingerprint density at radius 2 is 2.25 bits per heavy atom. The first-order valence-corrected chi connectivity index (χ1v) is 6.63. The molecule has 1 aromatic heterocycles. The van der Waals surface area contributed by atoms with Gasteiger partial charge in [0.05, 0.1) is 12.8 Å². The van der Waals surface area contributed by atoms with Crippen molar-refractivity contribution in [2.45, 2.75) is 25.8 Å². The largest absolute Gasteiger partial charge is 0.450 e. The minimum atomic E-state index is -0.295. The van der Waals surface area contributed by atoms with Gasteiger partial charge in [-0.1, -0.05) is 0 Å². The van der Waals surface area contributed by atoms with E-state index in [1.165, 1.54) is 6.20 Å². The quantitative estimate of drug-likeness (QED) is 0.739. The first-order valence-electron chi connectivity index (χ1n) is 6.63. The molecule has 1 aliphatic rings. The first-order chi connectivity index (χ1) is 9.61. The smallest absolute Gasteiger partial charge is 0.409 e. The molecule has 0 saturated carbocycles. The number of rotatable bonds is 3. The number of nitrogen functional groups attached to an aromatic ring is 1. The second kappa shape index (κ2) is 6.27. The van der Waals surface area contributed by atoms with Crippen LogP contribution in [0.1, 0.15) is 30.1 Å². The third-order valence-electron chi connectivity index (χ3n) is 3.27. The SMILES string of the molecule is CCOC(=O)N1CCC(NC(=O)c2cn[nH]c2N)CC1. The second-order valence-corrected chi connectivity index (χ2v) is 4.63. The number of hydrogen-bond donors (Lipinski definition) is 3. The Morgan fingerprint density at radius 1 is 1.55 bits per heavy atom. The maximum Gasteiger partial charge on any atom is 0.409 e. The third kappa shape index (κ3) is 3.19. The van der Waals surface area contributed by atoms with Crippen LogP contribution in [0.15, 0.2) is 6.20 Å². The monoisotopic (exact) mass is 281 g/mol. The summed E-state index contributed by atoms with van der Waals surface area (Å²) >= 11 is 0. The van der Waals surface area contributed by atoms with Crippen LogP contribution in [-0.2, 0) is 4.74 Å². The van der Waals surface area contributed by atoms with Gasteiger partial charge >= 0.3 is 6.09 Å². The van der Waals surface area contributed by atoms with Gasteiger partial charge in [0, 0.05) is 19.1 Å². The average Bonchev–Trinajstić information content (AvgIpc) is 2.86. The zero-order valence-electron chi connectivity index (χ0n) is 11.4. The van der Waals surface area contributed by atoms with Crippen LogP contribution >= 0.6 is 0 Å². The van der Waals surface area contributed by atoms with Crippen molar-refractivity contribution in [1.82, 2.24) is 20.4 Å². The van der Waals surface area contributed by atoms with Gasteiger partial charge in [-0.15, -0.1) is 0 Å². The van der Waals surface area contributed by atoms with Gasteiger partial charge in [0.2, 0.25) is 0 Å². The maximum atomic E-state index is 12.0. The highest BCUT2D eigenvalue weighted by Gasteiger charge is 2.25. The fourth-order valence-electron chi connectivity index (χ4n) is 2.16. The van der Waals surface area contributed by atoms with E-state index in [-0.39, 0.29) is 23.9 Å². The number of anilines is 1. The number of aromatic amines is 1. The molecule has 2 rings (SSSR count). The standard InChI is InChI=1S/C12H19N5O3/c1-2-20-12(19)17-5-3-8(4-6-17)15-11(18)9-7-14-16-10(9)13/h7-8H,2-6H2,1H3,(H,15,18)(H3,13,14,16). The summed E-state index contributed by atoms with van der Waals surface area (Å²) in [6.45, 7) is 3.30. The van der Waals surface area contributed by atoms with Gasteiger partial charge in [-0.2, -0.15) is 5.10 Å². The lowest BCUT2D eigenvalue weighted by Crippen LogP contribution is -2.46. The molecule has 4 N–H and O–H groups in total. The van der Waals surface area contributed by atoms with E-state index in [0.29, 0.717) is 38.1 Å². The zero-order chi connectivity index (χ0) is 14.5. The summed E-state index contributed by atoms with van der Waals surface area (Å²) < 4.78 is 4.94. The molecule has 0 spiro atoms. The lowest BCUT2D eigenvalue weighted by molar-refractivity contribution is 0.0860. The van der Waals surface area contributed by atoms with Gasteiger partial charge in [-0.3, -0.25) is 9.89 Å². The van der Waals surface area contributed by atoms with E-state index in [9.17, 15) is 9.59 Å². The molecule has 0 unspecified atom stereocenters. The Hall–Kier alpha value is -2.25. The predicted molar refractivity (Wildman–Crippen MR) is 72.1 cm³/mol. The molecular weight excluding hydrogens is 262 g/mol. The minimum absolute atomic E-state index is 0.0301. The number of ether oxygens (including phenoxy) is 1. The molecule has 0 atom stereocenters. The fraction of sp³-hybridized carbons (Fsp3) is 0.583. The summed E-state index contributed by atoms with van der Waals surface area (Å²) in [5.41, 5.74) is 5.94. The van der Waals surface area contributed by atoms with Crippen molar-refractivity contribution in [1.29, 1.82) is 0 Å². The normalized spacial score (nSPS) is 15.9. The van der Waals surface area contributed by atoms with E-state index in [4.69, 9.17) is 10.5 Å². The van der Waals surface area contributed by atoms with Gasteiger partial charge < -0.3 is 20.7 Å². The summed E-state index contributed by atoms with van der Waals surface area (Å²) in [5, 5.41) is 9.13. The molecule has 1 aliphatic heterocycles. The number of H-pyrrole nitrogens is 1. The Morgan fingerprint density at radius 3 is 2.80 bits per heavy atom. The molecule has 20 heavy (non-hydrogen) atoms. The van der Waals surface area contributed by atoms with Crippen LogP contribution in [0.25, 0.3) is 0 Å². The van der Waals surface area contributed by atoms with Crippen LogP contribution in [0.3, 0.4) is 0 Å². The van der Waals surface area contributed by atoms with Gasteiger partial charge in [-0.05, 0) is 19.8 Å². The number of nitrogens with zero attached hydrogens (tertiary/aromatic N) is 2. The summed E-state index contributed by atoms with van der Waals surface area (Å²) in [6.07, 6.45) is 2.50. The van der Waals surface area contributed by atoms with Crippen molar-refractivity contribution >= 4 is 17.8 Å². The number of piperidine rings is 1. The van der Waals surface area contributed by atoms with Gasteiger partial charge in [0.15, 0.2) is 0 Å². The van der Waals surface area contributed by atoms with Crippen molar-refractivity contribution in [2.24, 2.45) is 0 Å². The van der Waals surface area contributed by atoms with Crippen LogP contribution in [0.4, 0.5) is 10.6 Å². The molecule has 0 aliphatic carbocycles. The molecule has 1 fully saturated rings. The molecular formula is C12H19N5O3. The number of likely N-dealkylation sites (tertiary alicyclic amines) is 1. The summed E-state index contributed by atoms with van der Waals surface area (Å²) in [6, 6.07) is 0.0301. The Labute approximate surface area is 116 Å². The zero-order valence-corrected chi connectivity index (χ0v) is 11.4. The maximum absolute atomic E-state index is 12.0. The highest BCUT2D eigenvalue weighted by molar-refractivity contribution is 5.98. The van der Waals surface area contributed by atoms with E-state index >= 15 is 0 Å². The lowest BCUT2D eigenvalue weighted by Gasteiger charge is -2.31. The molecule has 0 aromatic carbocycles. The van der Waals surface area contributed by atoms with Crippen molar-refractivity contribution in [2.75, 3.05) is 25.4 Å². The minimum Gasteiger partial charge on any atom is -0.450 e. The van der Waals surface area contributed by atoms with Gasteiger partial charge in [-0.25, -0.2) is 4.79 Å². The highest BCUT2D eigenvalue weighted by Crippen LogP contribution is 2.13. The van der Waals surface area contributed by atoms with Crippen molar-refractivity contribution in [3.63, 3.8) is 0 Å². The molecule has 8 heteroatoms. The van der Waals surface area contributed by atoms with E-state index in [1.807, 2.05) is 0 Å². The number of aromatic nitrogens is 2. The first kappa shape index (κ1) is 14.2. The number of nitrogens with two attached hydrogens (primary N) is 1. The number of hydrogen-bond acceptors (Lipinski definition) is 5. The predicted octanol–water partition coefficient (Wildman–Crippen LogP) is 0.343. The molecule has 0 bridgehead atoms. The highest BCUT2D eigenvalue weighted by atomic mass is 16.6. The fourth-order valence-corrected chi connectivity index (χ4v) is 2.16. The molecule has 8 nitrogen and oxygen atoms in total. The third-order valence-corrected chi connectivity index (χ3v) is 3.27. The van der Waals surface area contributed by atoms with Crippen molar-refractivity contribution in [3.05, 3.63) is 11.8 Å². The topological polar surface area (TPSA) is 113 Å². The van der Waals surface area contributed by atoms with Gasteiger partial charge in [0.1, 0.15) is 11.4 Å². The number of carbonyl (C=O) groups excluding carboxylic acids is 2. The Balaban J connectivity index is 1.81. The van der Waals surface area contributed by atoms with Crippen molar-refractivity contribution < 1.29 is 14.3 Å². The number of amides is 2. The summed E-state index contributed by atoms with van der Waals surface area (Å²) in [7, 11) is 0. The molecule has 1 saturated heterocycles. The van der Waals surface area contributed by atoms with Crippen LogP contribution < -0.4 is 11.1 Å². The molecule has 2 amide bonds. The van der Waals surface area contributed by atoms with Crippen LogP contribution in [0.5, 0.6) is 0 Å². The van der Waals surface area contributed by atoms with Crippen LogP contribution in [-0.4, -0.2) is 52.8 Å². The lowest BCUT2D eigenvalue weighted by atomic mass is 10.1. The molecule has 2 heterocycles. The van der Waals surface area contributed by atoms with Crippen molar-refractivity contribution in [3.8, 4) is 0 Å². The van der Waals surface area contributed by atoms with Crippen LogP contribution in [0, 0.1) is 0 Å². The second-order valence-electron chi connectivity index (χ2n) is 4.63. The van der Waals surface area contributed by atoms with E-state index in [2.05, 4.69) is 15.5 Å². The Bertz CT molecular complexity index is 479. The van der Waals surface area contributed by atoms with E-state index in [1.54, 1.807) is 11.8 Å². The summed E-state index contributed by atoms with van der Waals surface area (Å²) in [5.74, 6) is 0.0114. The molecule has 0 radical (unpaired) electrons. The van der Waals surface area contributed by atoms with Crippen LogP contribution in [0.2, 0.25) is 0 Å². The van der Waals surface area contributed by atoms with E-state index in [0.717, 1.165) is 0 Å². The summed E-state index contributed by atoms with van der Waals surface area (Å²) in [4.78, 5) is 25.2. The molecule has 1 aromatic rings. The van der Waals surface area contributed by atoms with E-state index < -0.39 is 0 Å².